The lowest BCUT2D eigenvalue weighted by atomic mass is 9.71. The largest absolute Gasteiger partial charge is 0.303 e. The standard InChI is InChI=1S/C11H18O/c1-2-11(9-6-10-12)7-4-3-5-8-11/h2,10H,1,3-9H2. The molecule has 0 aliphatic heterocycles. The van der Waals surface area contributed by atoms with Crippen molar-refractivity contribution in [2.24, 2.45) is 5.41 Å². The number of hydrogen-bond acceptors (Lipinski definition) is 1. The van der Waals surface area contributed by atoms with Crippen LogP contribution in [0.3, 0.4) is 0 Å². The molecule has 12 heavy (non-hydrogen) atoms. The lowest BCUT2D eigenvalue weighted by molar-refractivity contribution is -0.108. The number of carbonyl (C=O) groups is 1. The van der Waals surface area contributed by atoms with Gasteiger partial charge in [0, 0.05) is 6.42 Å². The van der Waals surface area contributed by atoms with Crippen LogP contribution in [0.2, 0.25) is 0 Å². The van der Waals surface area contributed by atoms with E-state index in [0.29, 0.717) is 11.8 Å². The van der Waals surface area contributed by atoms with E-state index in [2.05, 4.69) is 12.7 Å². The molecule has 1 fully saturated rings. The average Bonchev–Trinajstić information content (AvgIpc) is 2.16. The Hall–Kier alpha value is -0.590. The normalized spacial score (nSPS) is 21.7. The van der Waals surface area contributed by atoms with Crippen molar-refractivity contribution in [1.82, 2.24) is 0 Å². The minimum Gasteiger partial charge on any atom is -0.303 e. The SMILES string of the molecule is C=CC1(CCC=O)CCCCC1. The first-order valence-corrected chi connectivity index (χ1v) is 4.90. The van der Waals surface area contributed by atoms with Gasteiger partial charge < -0.3 is 4.79 Å². The molecule has 0 atom stereocenters. The third-order valence-corrected chi connectivity index (χ3v) is 3.04. The Morgan fingerprint density at radius 1 is 1.25 bits per heavy atom. The fourth-order valence-corrected chi connectivity index (χ4v) is 2.16. The molecule has 1 nitrogen and oxygen atoms in total. The Labute approximate surface area is 74.9 Å². The molecule has 0 aromatic heterocycles. The van der Waals surface area contributed by atoms with Gasteiger partial charge in [0.15, 0.2) is 0 Å². The van der Waals surface area contributed by atoms with Gasteiger partial charge in [-0.1, -0.05) is 25.3 Å². The van der Waals surface area contributed by atoms with Crippen LogP contribution in [0.15, 0.2) is 12.7 Å². The number of allylic oxidation sites excluding steroid dienone is 1. The predicted molar refractivity (Wildman–Crippen MR) is 51.0 cm³/mol. The van der Waals surface area contributed by atoms with E-state index >= 15 is 0 Å². The van der Waals surface area contributed by atoms with Crippen LogP contribution >= 0.6 is 0 Å². The van der Waals surface area contributed by atoms with E-state index in [1.807, 2.05) is 0 Å². The Kier molecular flexibility index (Phi) is 3.51. The van der Waals surface area contributed by atoms with E-state index in [4.69, 9.17) is 0 Å². The number of carbonyl (C=O) groups excluding carboxylic acids is 1. The van der Waals surface area contributed by atoms with Crippen molar-refractivity contribution in [1.29, 1.82) is 0 Å². The zero-order chi connectivity index (χ0) is 8.86. The minimum absolute atomic E-state index is 0.305. The molecule has 1 heteroatoms. The molecule has 0 saturated heterocycles. The van der Waals surface area contributed by atoms with E-state index < -0.39 is 0 Å². The Balaban J connectivity index is 2.47. The second-order valence-corrected chi connectivity index (χ2v) is 3.83. The van der Waals surface area contributed by atoms with Crippen LogP contribution in [0.25, 0.3) is 0 Å². The minimum atomic E-state index is 0.305. The molecule has 0 aromatic carbocycles. The van der Waals surface area contributed by atoms with Crippen molar-refractivity contribution in [3.8, 4) is 0 Å². The van der Waals surface area contributed by atoms with Crippen LogP contribution in [0.5, 0.6) is 0 Å². The fourth-order valence-electron chi connectivity index (χ4n) is 2.16. The Morgan fingerprint density at radius 3 is 2.42 bits per heavy atom. The molecule has 0 bridgehead atoms. The number of hydrogen-bond donors (Lipinski definition) is 0. The van der Waals surface area contributed by atoms with E-state index in [1.54, 1.807) is 0 Å². The first kappa shape index (κ1) is 9.50. The maximum absolute atomic E-state index is 10.3. The van der Waals surface area contributed by atoms with E-state index in [-0.39, 0.29) is 0 Å². The summed E-state index contributed by atoms with van der Waals surface area (Å²) < 4.78 is 0. The summed E-state index contributed by atoms with van der Waals surface area (Å²) in [5.41, 5.74) is 0.305. The van der Waals surface area contributed by atoms with Gasteiger partial charge in [0.2, 0.25) is 0 Å². The van der Waals surface area contributed by atoms with Crippen molar-refractivity contribution >= 4 is 6.29 Å². The van der Waals surface area contributed by atoms with Gasteiger partial charge in [0.1, 0.15) is 6.29 Å². The van der Waals surface area contributed by atoms with Gasteiger partial charge in [-0.05, 0) is 24.7 Å². The molecular formula is C11H18O. The van der Waals surface area contributed by atoms with Crippen LogP contribution < -0.4 is 0 Å². The summed E-state index contributed by atoms with van der Waals surface area (Å²) in [6.45, 7) is 3.89. The zero-order valence-electron chi connectivity index (χ0n) is 7.72. The first-order valence-electron chi connectivity index (χ1n) is 4.90. The topological polar surface area (TPSA) is 17.1 Å². The Morgan fingerprint density at radius 2 is 1.92 bits per heavy atom. The molecule has 0 N–H and O–H groups in total. The summed E-state index contributed by atoms with van der Waals surface area (Å²) in [4.78, 5) is 10.3. The number of rotatable bonds is 4. The molecule has 68 valence electrons. The summed E-state index contributed by atoms with van der Waals surface area (Å²) in [7, 11) is 0. The van der Waals surface area contributed by atoms with Crippen LogP contribution in [0, 0.1) is 5.41 Å². The van der Waals surface area contributed by atoms with E-state index in [1.165, 1.54) is 32.1 Å². The molecule has 0 radical (unpaired) electrons. The molecule has 0 amide bonds. The molecule has 0 spiro atoms. The van der Waals surface area contributed by atoms with Gasteiger partial charge in [-0.25, -0.2) is 0 Å². The van der Waals surface area contributed by atoms with Crippen LogP contribution in [-0.2, 0) is 4.79 Å². The highest BCUT2D eigenvalue weighted by Crippen LogP contribution is 2.40. The average molecular weight is 166 g/mol. The quantitative estimate of drug-likeness (QED) is 0.463. The third kappa shape index (κ3) is 2.20. The molecule has 0 unspecified atom stereocenters. The zero-order valence-corrected chi connectivity index (χ0v) is 7.72. The Bertz CT molecular complexity index is 154. The number of aldehydes is 1. The molecule has 1 rings (SSSR count). The third-order valence-electron chi connectivity index (χ3n) is 3.04. The van der Waals surface area contributed by atoms with Crippen LogP contribution in [-0.4, -0.2) is 6.29 Å². The van der Waals surface area contributed by atoms with Gasteiger partial charge in [0.05, 0.1) is 0 Å². The van der Waals surface area contributed by atoms with Gasteiger partial charge in [-0.15, -0.1) is 6.58 Å². The summed E-state index contributed by atoms with van der Waals surface area (Å²) >= 11 is 0. The molecule has 0 aromatic rings. The van der Waals surface area contributed by atoms with Gasteiger partial charge in [-0.3, -0.25) is 0 Å². The van der Waals surface area contributed by atoms with Crippen molar-refractivity contribution in [3.05, 3.63) is 12.7 Å². The second kappa shape index (κ2) is 4.44. The van der Waals surface area contributed by atoms with E-state index in [9.17, 15) is 4.79 Å². The maximum Gasteiger partial charge on any atom is 0.120 e. The van der Waals surface area contributed by atoms with Crippen LogP contribution in [0.4, 0.5) is 0 Å². The van der Waals surface area contributed by atoms with Crippen molar-refractivity contribution in [3.63, 3.8) is 0 Å². The molecule has 1 saturated carbocycles. The molecule has 1 aliphatic rings. The van der Waals surface area contributed by atoms with Gasteiger partial charge in [0.25, 0.3) is 0 Å². The smallest absolute Gasteiger partial charge is 0.120 e. The van der Waals surface area contributed by atoms with Gasteiger partial charge >= 0.3 is 0 Å². The summed E-state index contributed by atoms with van der Waals surface area (Å²) in [5, 5.41) is 0. The molecule has 1 aliphatic carbocycles. The van der Waals surface area contributed by atoms with E-state index in [0.717, 1.165) is 12.7 Å². The molecule has 0 heterocycles. The molecular weight excluding hydrogens is 148 g/mol. The van der Waals surface area contributed by atoms with Crippen molar-refractivity contribution in [2.45, 2.75) is 44.9 Å². The first-order chi connectivity index (χ1) is 5.83. The maximum atomic E-state index is 10.3. The highest BCUT2D eigenvalue weighted by Gasteiger charge is 2.27. The second-order valence-electron chi connectivity index (χ2n) is 3.83. The highest BCUT2D eigenvalue weighted by molar-refractivity contribution is 5.49. The highest BCUT2D eigenvalue weighted by atomic mass is 16.1. The fraction of sp³-hybridized carbons (Fsp3) is 0.727. The van der Waals surface area contributed by atoms with Crippen molar-refractivity contribution < 1.29 is 4.79 Å². The lowest BCUT2D eigenvalue weighted by Crippen LogP contribution is -2.21. The summed E-state index contributed by atoms with van der Waals surface area (Å²) in [6, 6.07) is 0. The summed E-state index contributed by atoms with van der Waals surface area (Å²) in [5.74, 6) is 0. The van der Waals surface area contributed by atoms with Gasteiger partial charge in [-0.2, -0.15) is 0 Å². The summed E-state index contributed by atoms with van der Waals surface area (Å²) in [6.07, 6.45) is 11.3. The monoisotopic (exact) mass is 166 g/mol. The van der Waals surface area contributed by atoms with Crippen LogP contribution in [0.1, 0.15) is 44.9 Å². The van der Waals surface area contributed by atoms with Crippen molar-refractivity contribution in [2.75, 3.05) is 0 Å². The lowest BCUT2D eigenvalue weighted by Gasteiger charge is -2.33. The predicted octanol–water partition coefficient (Wildman–Crippen LogP) is 3.10.